The van der Waals surface area contributed by atoms with Gasteiger partial charge in [-0.2, -0.15) is 0 Å². The zero-order valence-electron chi connectivity index (χ0n) is 8.62. The molecule has 3 nitrogen and oxygen atoms in total. The van der Waals surface area contributed by atoms with Crippen molar-refractivity contribution in [3.8, 4) is 0 Å². The molecule has 3 heteroatoms. The highest BCUT2D eigenvalue weighted by Crippen LogP contribution is 1.99. The number of pyridine rings is 1. The van der Waals surface area contributed by atoms with Gasteiger partial charge in [-0.15, -0.1) is 0 Å². The number of hydrogen-bond acceptors (Lipinski definition) is 3. The summed E-state index contributed by atoms with van der Waals surface area (Å²) in [5.74, 6) is -0.0536. The van der Waals surface area contributed by atoms with E-state index >= 15 is 0 Å². The molecule has 0 aromatic carbocycles. The summed E-state index contributed by atoms with van der Waals surface area (Å²) in [7, 11) is 0. The van der Waals surface area contributed by atoms with Gasteiger partial charge in [0.1, 0.15) is 12.3 Å². The van der Waals surface area contributed by atoms with E-state index in [0.29, 0.717) is 12.3 Å². The van der Waals surface area contributed by atoms with E-state index in [1.165, 1.54) is 0 Å². The molecule has 0 radical (unpaired) electrons. The van der Waals surface area contributed by atoms with Gasteiger partial charge in [0, 0.05) is 12.3 Å². The number of hydrogen-bond donors (Lipinski definition) is 0. The van der Waals surface area contributed by atoms with E-state index < -0.39 is 0 Å². The molecule has 1 heterocycles. The molecular weight excluding hydrogens is 178 g/mol. The number of aryl methyl sites for hydroxylation is 1. The molecule has 0 bridgehead atoms. The summed E-state index contributed by atoms with van der Waals surface area (Å²) in [6.07, 6.45) is 0.925. The van der Waals surface area contributed by atoms with Gasteiger partial charge < -0.3 is 4.74 Å². The number of carbonyl (C=O) groups is 1. The summed E-state index contributed by atoms with van der Waals surface area (Å²) in [5.41, 5.74) is 1.34. The molecule has 14 heavy (non-hydrogen) atoms. The number of aromatic nitrogens is 1. The van der Waals surface area contributed by atoms with E-state index in [1.807, 2.05) is 26.0 Å². The maximum atomic E-state index is 11.5. The summed E-state index contributed by atoms with van der Waals surface area (Å²) >= 11 is 0. The second kappa shape index (κ2) is 5.50. The highest BCUT2D eigenvalue weighted by Gasteiger charge is 2.06. The fourth-order valence-corrected chi connectivity index (χ4v) is 1.08. The Labute approximate surface area is 84.1 Å². The molecule has 0 amide bonds. The van der Waals surface area contributed by atoms with E-state index in [4.69, 9.17) is 4.74 Å². The van der Waals surface area contributed by atoms with Gasteiger partial charge in [-0.1, -0.05) is 13.0 Å². The van der Waals surface area contributed by atoms with Crippen molar-refractivity contribution in [3.63, 3.8) is 0 Å². The van der Waals surface area contributed by atoms with Crippen LogP contribution in [0.3, 0.4) is 0 Å². The summed E-state index contributed by atoms with van der Waals surface area (Å²) in [6.45, 7) is 4.63. The Morgan fingerprint density at radius 1 is 1.50 bits per heavy atom. The Hall–Kier alpha value is -1.22. The molecule has 0 aliphatic carbocycles. The molecule has 76 valence electrons. The van der Waals surface area contributed by atoms with Crippen molar-refractivity contribution >= 4 is 5.78 Å². The molecule has 1 aromatic heterocycles. The van der Waals surface area contributed by atoms with Crippen molar-refractivity contribution in [1.29, 1.82) is 0 Å². The first kappa shape index (κ1) is 10.9. The topological polar surface area (TPSA) is 39.2 Å². The largest absolute Gasteiger partial charge is 0.373 e. The highest BCUT2D eigenvalue weighted by molar-refractivity contribution is 5.95. The lowest BCUT2D eigenvalue weighted by atomic mass is 10.2. The van der Waals surface area contributed by atoms with Crippen molar-refractivity contribution in [3.05, 3.63) is 29.6 Å². The SMILES string of the molecule is CCCOCC(=O)c1cccc(C)n1. The predicted molar refractivity (Wildman–Crippen MR) is 54.4 cm³/mol. The minimum Gasteiger partial charge on any atom is -0.373 e. The van der Waals surface area contributed by atoms with Crippen LogP contribution in [0.4, 0.5) is 0 Å². The first-order valence-electron chi connectivity index (χ1n) is 4.78. The quantitative estimate of drug-likeness (QED) is 0.530. The maximum Gasteiger partial charge on any atom is 0.206 e. The third-order valence-corrected chi connectivity index (χ3v) is 1.76. The Morgan fingerprint density at radius 3 is 2.93 bits per heavy atom. The summed E-state index contributed by atoms with van der Waals surface area (Å²) in [5, 5.41) is 0. The van der Waals surface area contributed by atoms with Crippen LogP contribution in [0.5, 0.6) is 0 Å². The van der Waals surface area contributed by atoms with Crippen LogP contribution in [-0.4, -0.2) is 24.0 Å². The monoisotopic (exact) mass is 193 g/mol. The maximum absolute atomic E-state index is 11.5. The van der Waals surface area contributed by atoms with Crippen LogP contribution in [-0.2, 0) is 4.74 Å². The lowest BCUT2D eigenvalue weighted by Gasteiger charge is -2.01. The smallest absolute Gasteiger partial charge is 0.206 e. The molecule has 0 aliphatic heterocycles. The van der Waals surface area contributed by atoms with Crippen LogP contribution in [0.25, 0.3) is 0 Å². The van der Waals surface area contributed by atoms with Gasteiger partial charge in [0.25, 0.3) is 0 Å². The Bertz CT molecular complexity index is 310. The van der Waals surface area contributed by atoms with E-state index in [9.17, 15) is 4.79 Å². The fourth-order valence-electron chi connectivity index (χ4n) is 1.08. The summed E-state index contributed by atoms with van der Waals surface area (Å²) < 4.78 is 5.15. The van der Waals surface area contributed by atoms with Crippen LogP contribution < -0.4 is 0 Å². The average molecular weight is 193 g/mol. The Balaban J connectivity index is 2.52. The number of carbonyl (C=O) groups excluding carboxylic acids is 1. The molecule has 0 spiro atoms. The number of Topliss-reactive ketones (excluding diaryl/α,β-unsaturated/α-hetero) is 1. The number of rotatable bonds is 5. The van der Waals surface area contributed by atoms with E-state index in [-0.39, 0.29) is 12.4 Å². The Kier molecular flexibility index (Phi) is 4.26. The third-order valence-electron chi connectivity index (χ3n) is 1.76. The predicted octanol–water partition coefficient (Wildman–Crippen LogP) is 2.00. The fraction of sp³-hybridized carbons (Fsp3) is 0.455. The van der Waals surface area contributed by atoms with Crippen LogP contribution in [0.1, 0.15) is 29.5 Å². The van der Waals surface area contributed by atoms with Crippen molar-refractivity contribution in [1.82, 2.24) is 4.98 Å². The van der Waals surface area contributed by atoms with E-state index in [0.717, 1.165) is 12.1 Å². The summed E-state index contributed by atoms with van der Waals surface area (Å²) in [6, 6.07) is 5.41. The lowest BCUT2D eigenvalue weighted by Crippen LogP contribution is -2.11. The van der Waals surface area contributed by atoms with Crippen molar-refractivity contribution in [2.24, 2.45) is 0 Å². The molecule has 0 saturated carbocycles. The molecule has 0 saturated heterocycles. The van der Waals surface area contributed by atoms with Gasteiger partial charge in [-0.25, -0.2) is 4.98 Å². The van der Waals surface area contributed by atoms with Gasteiger partial charge in [-0.05, 0) is 25.5 Å². The van der Waals surface area contributed by atoms with Gasteiger partial charge >= 0.3 is 0 Å². The van der Waals surface area contributed by atoms with Crippen molar-refractivity contribution in [2.45, 2.75) is 20.3 Å². The van der Waals surface area contributed by atoms with Gasteiger partial charge in [0.05, 0.1) is 0 Å². The minimum atomic E-state index is -0.0536. The first-order valence-corrected chi connectivity index (χ1v) is 4.78. The minimum absolute atomic E-state index is 0.0536. The molecule has 0 unspecified atom stereocenters. The molecule has 1 aromatic rings. The molecule has 1 rings (SSSR count). The highest BCUT2D eigenvalue weighted by atomic mass is 16.5. The molecule has 0 N–H and O–H groups in total. The summed E-state index contributed by atoms with van der Waals surface area (Å²) in [4.78, 5) is 15.6. The van der Waals surface area contributed by atoms with Gasteiger partial charge in [0.2, 0.25) is 5.78 Å². The third kappa shape index (κ3) is 3.26. The van der Waals surface area contributed by atoms with Crippen LogP contribution in [0.2, 0.25) is 0 Å². The second-order valence-electron chi connectivity index (χ2n) is 3.14. The first-order chi connectivity index (χ1) is 6.74. The standard InChI is InChI=1S/C11H15NO2/c1-3-7-14-8-11(13)10-6-4-5-9(2)12-10/h4-6H,3,7-8H2,1-2H3. The van der Waals surface area contributed by atoms with Crippen LogP contribution in [0, 0.1) is 6.92 Å². The zero-order chi connectivity index (χ0) is 10.4. The second-order valence-corrected chi connectivity index (χ2v) is 3.14. The van der Waals surface area contributed by atoms with E-state index in [2.05, 4.69) is 4.98 Å². The van der Waals surface area contributed by atoms with Crippen LogP contribution in [0.15, 0.2) is 18.2 Å². The van der Waals surface area contributed by atoms with Crippen LogP contribution >= 0.6 is 0 Å². The molecular formula is C11H15NO2. The van der Waals surface area contributed by atoms with Crippen molar-refractivity contribution in [2.75, 3.05) is 13.2 Å². The normalized spacial score (nSPS) is 10.1. The molecule has 0 aliphatic rings. The zero-order valence-corrected chi connectivity index (χ0v) is 8.62. The molecule has 0 fully saturated rings. The Morgan fingerprint density at radius 2 is 2.29 bits per heavy atom. The van der Waals surface area contributed by atoms with Gasteiger partial charge in [-0.3, -0.25) is 4.79 Å². The average Bonchev–Trinajstić information content (AvgIpc) is 2.18. The van der Waals surface area contributed by atoms with Gasteiger partial charge in [0.15, 0.2) is 0 Å². The number of nitrogens with zero attached hydrogens (tertiary/aromatic N) is 1. The number of ketones is 1. The molecule has 0 atom stereocenters. The van der Waals surface area contributed by atoms with E-state index in [1.54, 1.807) is 6.07 Å². The lowest BCUT2D eigenvalue weighted by molar-refractivity contribution is 0.0756. The van der Waals surface area contributed by atoms with Crippen molar-refractivity contribution < 1.29 is 9.53 Å². The number of ether oxygens (including phenoxy) is 1.